The van der Waals surface area contributed by atoms with Gasteiger partial charge in [-0.2, -0.15) is 0 Å². The largest absolute Gasteiger partial charge is 0.396 e. The maximum Gasteiger partial charge on any atom is 0.245 e. The second-order valence-corrected chi connectivity index (χ2v) is 2.83. The summed E-state index contributed by atoms with van der Waals surface area (Å²) in [6, 6.07) is 0. The van der Waals surface area contributed by atoms with E-state index < -0.39 is 0 Å². The molecule has 0 bridgehead atoms. The van der Waals surface area contributed by atoms with E-state index in [2.05, 4.69) is 6.58 Å². The zero-order valence-corrected chi connectivity index (χ0v) is 6.49. The number of amides is 1. The van der Waals surface area contributed by atoms with Crippen LogP contribution in [0.4, 0.5) is 0 Å². The normalized spacial score (nSPS) is 23.7. The highest BCUT2D eigenvalue weighted by Crippen LogP contribution is 2.15. The van der Waals surface area contributed by atoms with Crippen molar-refractivity contribution in [3.05, 3.63) is 12.7 Å². The van der Waals surface area contributed by atoms with Crippen LogP contribution >= 0.6 is 0 Å². The van der Waals surface area contributed by atoms with Gasteiger partial charge in [0.2, 0.25) is 5.91 Å². The van der Waals surface area contributed by atoms with E-state index in [0.29, 0.717) is 6.54 Å². The van der Waals surface area contributed by atoms with Crippen LogP contribution in [0.3, 0.4) is 0 Å². The van der Waals surface area contributed by atoms with Gasteiger partial charge in [0.25, 0.3) is 0 Å². The summed E-state index contributed by atoms with van der Waals surface area (Å²) in [5, 5.41) is 8.77. The summed E-state index contributed by atoms with van der Waals surface area (Å²) in [5.41, 5.74) is 0. The van der Waals surface area contributed by atoms with Gasteiger partial charge < -0.3 is 10.0 Å². The second-order valence-electron chi connectivity index (χ2n) is 2.83. The Labute approximate surface area is 66.3 Å². The van der Waals surface area contributed by atoms with Crippen LogP contribution in [0.15, 0.2) is 12.7 Å². The molecule has 0 aliphatic carbocycles. The van der Waals surface area contributed by atoms with E-state index in [-0.39, 0.29) is 18.4 Å². The van der Waals surface area contributed by atoms with Gasteiger partial charge in [-0.3, -0.25) is 4.79 Å². The third kappa shape index (κ3) is 1.80. The Bertz CT molecular complexity index is 167. The van der Waals surface area contributed by atoms with Crippen LogP contribution in [0.5, 0.6) is 0 Å². The average molecular weight is 155 g/mol. The van der Waals surface area contributed by atoms with Gasteiger partial charge >= 0.3 is 0 Å². The molecule has 1 fully saturated rings. The van der Waals surface area contributed by atoms with Gasteiger partial charge in [-0.05, 0) is 12.5 Å². The minimum Gasteiger partial charge on any atom is -0.396 e. The molecule has 1 rings (SSSR count). The molecule has 1 saturated heterocycles. The number of hydrogen-bond donors (Lipinski definition) is 1. The van der Waals surface area contributed by atoms with Crippen LogP contribution in [0.2, 0.25) is 0 Å². The maximum absolute atomic E-state index is 11.0. The molecule has 0 aromatic rings. The fourth-order valence-corrected chi connectivity index (χ4v) is 1.31. The van der Waals surface area contributed by atoms with Gasteiger partial charge in [-0.1, -0.05) is 6.58 Å². The first-order valence-electron chi connectivity index (χ1n) is 3.80. The van der Waals surface area contributed by atoms with Gasteiger partial charge in [0.05, 0.1) is 0 Å². The minimum atomic E-state index is -0.0269. The lowest BCUT2D eigenvalue weighted by Crippen LogP contribution is -2.27. The smallest absolute Gasteiger partial charge is 0.245 e. The summed E-state index contributed by atoms with van der Waals surface area (Å²) in [4.78, 5) is 12.7. The highest BCUT2D eigenvalue weighted by molar-refractivity contribution is 5.87. The summed E-state index contributed by atoms with van der Waals surface area (Å²) < 4.78 is 0. The molecule has 1 heterocycles. The number of aliphatic hydroxyl groups excluding tert-OH is 1. The molecular weight excluding hydrogens is 142 g/mol. The first-order valence-corrected chi connectivity index (χ1v) is 3.80. The molecule has 1 N–H and O–H groups in total. The molecule has 1 aliphatic rings. The predicted octanol–water partition coefficient (Wildman–Crippen LogP) is 0.0132. The summed E-state index contributed by atoms with van der Waals surface area (Å²) in [6.45, 7) is 5.03. The van der Waals surface area contributed by atoms with Crippen molar-refractivity contribution < 1.29 is 9.90 Å². The fourth-order valence-electron chi connectivity index (χ4n) is 1.31. The number of rotatable bonds is 2. The van der Waals surface area contributed by atoms with Crippen LogP contribution in [-0.2, 0) is 4.79 Å². The molecule has 3 nitrogen and oxygen atoms in total. The van der Waals surface area contributed by atoms with Crippen molar-refractivity contribution in [3.8, 4) is 0 Å². The second kappa shape index (κ2) is 3.53. The summed E-state index contributed by atoms with van der Waals surface area (Å²) in [6.07, 6.45) is 2.23. The third-order valence-corrected chi connectivity index (χ3v) is 2.03. The number of carbonyl (C=O) groups excluding carboxylic acids is 1. The monoisotopic (exact) mass is 155 g/mol. The summed E-state index contributed by atoms with van der Waals surface area (Å²) in [7, 11) is 0. The molecule has 62 valence electrons. The predicted molar refractivity (Wildman–Crippen MR) is 42.0 cm³/mol. The Hall–Kier alpha value is -0.830. The Morgan fingerprint density at radius 1 is 1.82 bits per heavy atom. The Kier molecular flexibility index (Phi) is 2.65. The molecule has 0 saturated carbocycles. The van der Waals surface area contributed by atoms with Gasteiger partial charge in [0.1, 0.15) is 0 Å². The van der Waals surface area contributed by atoms with E-state index in [1.54, 1.807) is 4.90 Å². The quantitative estimate of drug-likeness (QED) is 0.571. The van der Waals surface area contributed by atoms with Crippen LogP contribution < -0.4 is 0 Å². The zero-order valence-electron chi connectivity index (χ0n) is 6.49. The average Bonchev–Trinajstić information content (AvgIpc) is 2.50. The van der Waals surface area contributed by atoms with Crippen LogP contribution in [0, 0.1) is 5.92 Å². The van der Waals surface area contributed by atoms with Crippen molar-refractivity contribution >= 4 is 5.91 Å². The lowest BCUT2D eigenvalue weighted by Gasteiger charge is -2.12. The number of carbonyl (C=O) groups is 1. The number of nitrogens with zero attached hydrogens (tertiary/aromatic N) is 1. The minimum absolute atomic E-state index is 0.0269. The third-order valence-electron chi connectivity index (χ3n) is 2.03. The molecule has 1 aliphatic heterocycles. The van der Waals surface area contributed by atoms with E-state index in [1.807, 2.05) is 0 Å². The van der Waals surface area contributed by atoms with E-state index in [9.17, 15) is 4.79 Å². The van der Waals surface area contributed by atoms with E-state index in [0.717, 1.165) is 13.0 Å². The summed E-state index contributed by atoms with van der Waals surface area (Å²) >= 11 is 0. The first-order chi connectivity index (χ1) is 5.27. The van der Waals surface area contributed by atoms with E-state index in [1.165, 1.54) is 6.08 Å². The van der Waals surface area contributed by atoms with Gasteiger partial charge in [0.15, 0.2) is 0 Å². The van der Waals surface area contributed by atoms with Gasteiger partial charge in [-0.15, -0.1) is 0 Å². The Balaban J connectivity index is 2.41. The van der Waals surface area contributed by atoms with Crippen molar-refractivity contribution in [2.24, 2.45) is 5.92 Å². The van der Waals surface area contributed by atoms with Crippen molar-refractivity contribution in [1.82, 2.24) is 4.90 Å². The molecule has 1 unspecified atom stereocenters. The molecule has 0 radical (unpaired) electrons. The van der Waals surface area contributed by atoms with Gasteiger partial charge in [0, 0.05) is 25.6 Å². The summed E-state index contributed by atoms with van der Waals surface area (Å²) in [5.74, 6) is 0.250. The van der Waals surface area contributed by atoms with Crippen molar-refractivity contribution in [1.29, 1.82) is 0 Å². The first kappa shape index (κ1) is 8.27. The number of hydrogen-bond acceptors (Lipinski definition) is 2. The van der Waals surface area contributed by atoms with Crippen molar-refractivity contribution in [3.63, 3.8) is 0 Å². The maximum atomic E-state index is 11.0. The topological polar surface area (TPSA) is 40.5 Å². The van der Waals surface area contributed by atoms with Crippen molar-refractivity contribution in [2.45, 2.75) is 6.42 Å². The Morgan fingerprint density at radius 3 is 3.00 bits per heavy atom. The lowest BCUT2D eigenvalue weighted by atomic mass is 10.1. The van der Waals surface area contributed by atoms with Crippen LogP contribution in [0.25, 0.3) is 0 Å². The number of likely N-dealkylation sites (tertiary alicyclic amines) is 1. The molecule has 11 heavy (non-hydrogen) atoms. The molecular formula is C8H13NO2. The highest BCUT2D eigenvalue weighted by Gasteiger charge is 2.23. The van der Waals surface area contributed by atoms with Crippen LogP contribution in [0.1, 0.15) is 6.42 Å². The SMILES string of the molecule is C=CC(=O)N1CCC(CO)C1. The molecule has 0 aromatic heterocycles. The van der Waals surface area contributed by atoms with E-state index in [4.69, 9.17) is 5.11 Å². The molecule has 0 spiro atoms. The lowest BCUT2D eigenvalue weighted by molar-refractivity contribution is -0.125. The molecule has 1 amide bonds. The Morgan fingerprint density at radius 2 is 2.55 bits per heavy atom. The van der Waals surface area contributed by atoms with Crippen LogP contribution in [-0.4, -0.2) is 35.6 Å². The van der Waals surface area contributed by atoms with E-state index >= 15 is 0 Å². The molecule has 0 aromatic carbocycles. The fraction of sp³-hybridized carbons (Fsp3) is 0.625. The van der Waals surface area contributed by atoms with Gasteiger partial charge in [-0.25, -0.2) is 0 Å². The molecule has 3 heteroatoms. The number of aliphatic hydroxyl groups is 1. The van der Waals surface area contributed by atoms with Crippen molar-refractivity contribution in [2.75, 3.05) is 19.7 Å². The standard InChI is InChI=1S/C8H13NO2/c1-2-8(11)9-4-3-7(5-9)6-10/h2,7,10H,1,3-6H2. The zero-order chi connectivity index (χ0) is 8.27. The molecule has 1 atom stereocenters. The highest BCUT2D eigenvalue weighted by atomic mass is 16.3.